The van der Waals surface area contributed by atoms with Gasteiger partial charge in [-0.05, 0) is 55.9 Å². The van der Waals surface area contributed by atoms with Gasteiger partial charge < -0.3 is 0 Å². The van der Waals surface area contributed by atoms with Crippen LogP contribution in [0.3, 0.4) is 0 Å². The number of carbonyl (C=O) groups excluding carboxylic acids is 1. The van der Waals surface area contributed by atoms with Gasteiger partial charge in [-0.1, -0.05) is 18.5 Å². The van der Waals surface area contributed by atoms with Gasteiger partial charge >= 0.3 is 0 Å². The second-order valence-corrected chi connectivity index (χ2v) is 4.98. The lowest BCUT2D eigenvalue weighted by Crippen LogP contribution is -2.20. The normalized spacial score (nSPS) is 21.2. The number of rotatable bonds is 3. The number of hydrazone groups is 1. The average molecular weight is 265 g/mol. The maximum atomic E-state index is 11.8. The van der Waals surface area contributed by atoms with E-state index in [9.17, 15) is 4.79 Å². The molecular weight excluding hydrogens is 248 g/mol. The lowest BCUT2D eigenvalue weighted by Gasteiger charge is -2.07. The molecule has 3 nitrogen and oxygen atoms in total. The van der Waals surface area contributed by atoms with Gasteiger partial charge in [0.25, 0.3) is 5.91 Å². The first-order chi connectivity index (χ1) is 8.70. The predicted molar refractivity (Wildman–Crippen MR) is 74.0 cm³/mol. The second-order valence-electron chi connectivity index (χ2n) is 4.55. The minimum absolute atomic E-state index is 0.180. The maximum Gasteiger partial charge on any atom is 0.271 e. The Morgan fingerprint density at radius 3 is 2.83 bits per heavy atom. The minimum Gasteiger partial charge on any atom is -0.267 e. The summed E-state index contributed by atoms with van der Waals surface area (Å²) in [6.45, 7) is 2.16. The van der Waals surface area contributed by atoms with Crippen LogP contribution in [0.15, 0.2) is 29.4 Å². The van der Waals surface area contributed by atoms with Crippen molar-refractivity contribution in [1.29, 1.82) is 0 Å². The number of hydrogen-bond acceptors (Lipinski definition) is 2. The zero-order chi connectivity index (χ0) is 13.0. The first-order valence-electron chi connectivity index (χ1n) is 6.33. The molecule has 1 amide bonds. The largest absolute Gasteiger partial charge is 0.271 e. The highest BCUT2D eigenvalue weighted by molar-refractivity contribution is 6.30. The van der Waals surface area contributed by atoms with E-state index in [0.717, 1.165) is 18.6 Å². The molecule has 18 heavy (non-hydrogen) atoms. The molecule has 1 aromatic rings. The Hall–Kier alpha value is -1.35. The summed E-state index contributed by atoms with van der Waals surface area (Å²) in [5.41, 5.74) is 4.33. The average Bonchev–Trinajstić information content (AvgIpc) is 2.84. The van der Waals surface area contributed by atoms with Crippen LogP contribution in [-0.2, 0) is 0 Å². The molecule has 0 aromatic heterocycles. The van der Waals surface area contributed by atoms with Gasteiger partial charge in [-0.25, -0.2) is 5.43 Å². The van der Waals surface area contributed by atoms with Crippen LogP contribution < -0.4 is 5.43 Å². The molecule has 0 heterocycles. The van der Waals surface area contributed by atoms with Crippen LogP contribution >= 0.6 is 11.6 Å². The van der Waals surface area contributed by atoms with Crippen molar-refractivity contribution in [3.05, 3.63) is 34.9 Å². The Kier molecular flexibility index (Phi) is 4.37. The molecule has 1 saturated carbocycles. The third-order valence-electron chi connectivity index (χ3n) is 3.36. The van der Waals surface area contributed by atoms with Crippen LogP contribution in [0.2, 0.25) is 5.02 Å². The standard InChI is InChI=1S/C14H17ClN2O/c1-2-10-4-3-5-13(10)16-17-14(18)11-6-8-12(15)9-7-11/h6-10H,2-5H2,1H3,(H,17,18)/b16-13-. The van der Waals surface area contributed by atoms with Crippen molar-refractivity contribution in [3.63, 3.8) is 0 Å². The van der Waals surface area contributed by atoms with Crippen LogP contribution in [-0.4, -0.2) is 11.6 Å². The van der Waals surface area contributed by atoms with Crippen molar-refractivity contribution in [2.24, 2.45) is 11.0 Å². The van der Waals surface area contributed by atoms with Gasteiger partial charge in [0.15, 0.2) is 0 Å². The molecule has 0 radical (unpaired) electrons. The van der Waals surface area contributed by atoms with E-state index in [4.69, 9.17) is 11.6 Å². The zero-order valence-corrected chi connectivity index (χ0v) is 11.2. The Balaban J connectivity index is 1.99. The van der Waals surface area contributed by atoms with E-state index in [1.165, 1.54) is 12.8 Å². The van der Waals surface area contributed by atoms with E-state index < -0.39 is 0 Å². The highest BCUT2D eigenvalue weighted by Crippen LogP contribution is 2.24. The monoisotopic (exact) mass is 264 g/mol. The Morgan fingerprint density at radius 2 is 2.17 bits per heavy atom. The molecular formula is C14H17ClN2O. The first-order valence-corrected chi connectivity index (χ1v) is 6.71. The summed E-state index contributed by atoms with van der Waals surface area (Å²) in [4.78, 5) is 11.8. The van der Waals surface area contributed by atoms with Crippen molar-refractivity contribution in [2.45, 2.75) is 32.6 Å². The van der Waals surface area contributed by atoms with Crippen LogP contribution in [0.4, 0.5) is 0 Å². The quantitative estimate of drug-likeness (QED) is 0.832. The summed E-state index contributed by atoms with van der Waals surface area (Å²) in [5, 5.41) is 4.88. The molecule has 2 rings (SSSR count). The molecule has 1 aliphatic carbocycles. The smallest absolute Gasteiger partial charge is 0.267 e. The molecule has 96 valence electrons. The summed E-state index contributed by atoms with van der Waals surface area (Å²) >= 11 is 5.78. The van der Waals surface area contributed by atoms with Crippen molar-refractivity contribution in [2.75, 3.05) is 0 Å². The SMILES string of the molecule is CCC1CCC/C1=N/NC(=O)c1ccc(Cl)cc1. The summed E-state index contributed by atoms with van der Waals surface area (Å²) < 4.78 is 0. The van der Waals surface area contributed by atoms with Gasteiger partial charge in [0.05, 0.1) is 0 Å². The van der Waals surface area contributed by atoms with Crippen LogP contribution in [0.5, 0.6) is 0 Å². The third kappa shape index (κ3) is 3.10. The van der Waals surface area contributed by atoms with Gasteiger partial charge in [0.1, 0.15) is 0 Å². The number of nitrogens with zero attached hydrogens (tertiary/aromatic N) is 1. The van der Waals surface area contributed by atoms with Crippen molar-refractivity contribution in [3.8, 4) is 0 Å². The van der Waals surface area contributed by atoms with Crippen LogP contribution in [0.1, 0.15) is 43.0 Å². The fraction of sp³-hybridized carbons (Fsp3) is 0.429. The van der Waals surface area contributed by atoms with Gasteiger partial charge in [0.2, 0.25) is 0 Å². The molecule has 1 unspecified atom stereocenters. The highest BCUT2D eigenvalue weighted by atomic mass is 35.5. The molecule has 0 bridgehead atoms. The molecule has 1 fully saturated rings. The fourth-order valence-corrected chi connectivity index (χ4v) is 2.40. The van der Waals surface area contributed by atoms with Crippen LogP contribution in [0.25, 0.3) is 0 Å². The summed E-state index contributed by atoms with van der Waals surface area (Å²) in [7, 11) is 0. The lowest BCUT2D eigenvalue weighted by molar-refractivity contribution is 0.0954. The number of halogens is 1. The molecule has 1 aromatic carbocycles. The van der Waals surface area contributed by atoms with E-state index in [-0.39, 0.29) is 5.91 Å². The van der Waals surface area contributed by atoms with Crippen molar-refractivity contribution < 1.29 is 4.79 Å². The first kappa shape index (κ1) is 13.1. The van der Waals surface area contributed by atoms with E-state index in [2.05, 4.69) is 17.5 Å². The molecule has 0 spiro atoms. The van der Waals surface area contributed by atoms with E-state index in [0.29, 0.717) is 16.5 Å². The lowest BCUT2D eigenvalue weighted by atomic mass is 10.0. The molecule has 1 aliphatic rings. The van der Waals surface area contributed by atoms with Gasteiger partial charge in [-0.15, -0.1) is 0 Å². The Labute approximate surface area is 112 Å². The number of carbonyl (C=O) groups is 1. The number of hydrogen-bond donors (Lipinski definition) is 1. The van der Waals surface area contributed by atoms with Gasteiger partial charge in [-0.3, -0.25) is 4.79 Å². The topological polar surface area (TPSA) is 41.5 Å². The third-order valence-corrected chi connectivity index (χ3v) is 3.61. The molecule has 0 saturated heterocycles. The molecule has 0 aliphatic heterocycles. The number of amides is 1. The zero-order valence-electron chi connectivity index (χ0n) is 10.4. The van der Waals surface area contributed by atoms with Crippen molar-refractivity contribution in [1.82, 2.24) is 5.43 Å². The van der Waals surface area contributed by atoms with E-state index >= 15 is 0 Å². The van der Waals surface area contributed by atoms with E-state index in [1.807, 2.05) is 0 Å². The van der Waals surface area contributed by atoms with Gasteiger partial charge in [-0.2, -0.15) is 5.10 Å². The van der Waals surface area contributed by atoms with Crippen LogP contribution in [0, 0.1) is 5.92 Å². The Morgan fingerprint density at radius 1 is 1.44 bits per heavy atom. The number of nitrogens with one attached hydrogen (secondary N) is 1. The summed E-state index contributed by atoms with van der Waals surface area (Å²) in [6.07, 6.45) is 4.45. The number of benzene rings is 1. The van der Waals surface area contributed by atoms with Gasteiger partial charge in [0, 0.05) is 16.3 Å². The van der Waals surface area contributed by atoms with E-state index in [1.54, 1.807) is 24.3 Å². The minimum atomic E-state index is -0.180. The molecule has 1 N–H and O–H groups in total. The second kappa shape index (κ2) is 6.01. The maximum absolute atomic E-state index is 11.8. The fourth-order valence-electron chi connectivity index (χ4n) is 2.28. The predicted octanol–water partition coefficient (Wildman–Crippen LogP) is 3.64. The highest BCUT2D eigenvalue weighted by Gasteiger charge is 2.20. The van der Waals surface area contributed by atoms with Crippen molar-refractivity contribution >= 4 is 23.2 Å². The Bertz CT molecular complexity index is 453. The molecule has 4 heteroatoms. The summed E-state index contributed by atoms with van der Waals surface area (Å²) in [5.74, 6) is 0.358. The summed E-state index contributed by atoms with van der Waals surface area (Å²) in [6, 6.07) is 6.80. The molecule has 1 atom stereocenters.